The molecule has 1 aliphatic rings. The lowest BCUT2D eigenvalue weighted by molar-refractivity contribution is 0.302. The van der Waals surface area contributed by atoms with E-state index in [1.54, 1.807) is 6.20 Å². The smallest absolute Gasteiger partial charge is 0.170 e. The molecule has 1 fully saturated rings. The molecule has 3 aromatic heterocycles. The summed E-state index contributed by atoms with van der Waals surface area (Å²) in [6.07, 6.45) is 7.63. The molecular formula is C26H26N6S. The molecule has 1 N–H and O–H groups in total. The van der Waals surface area contributed by atoms with Gasteiger partial charge in [-0.15, -0.1) is 0 Å². The Hall–Kier alpha value is -3.71. The van der Waals surface area contributed by atoms with Gasteiger partial charge >= 0.3 is 0 Å². The molecule has 33 heavy (non-hydrogen) atoms. The molecule has 7 heteroatoms. The average molecular weight is 455 g/mol. The van der Waals surface area contributed by atoms with Crippen molar-refractivity contribution in [2.24, 2.45) is 0 Å². The number of hydrogen-bond donors (Lipinski definition) is 1. The van der Waals surface area contributed by atoms with E-state index in [0.717, 1.165) is 27.8 Å². The van der Waals surface area contributed by atoms with E-state index < -0.39 is 0 Å². The van der Waals surface area contributed by atoms with Crippen LogP contribution >= 0.6 is 12.2 Å². The largest absolute Gasteiger partial charge is 0.378 e. The summed E-state index contributed by atoms with van der Waals surface area (Å²) in [5.74, 6) is 0. The number of nitrogens with one attached hydrogen (secondary N) is 1. The van der Waals surface area contributed by atoms with Crippen LogP contribution in [0.3, 0.4) is 0 Å². The van der Waals surface area contributed by atoms with Crippen molar-refractivity contribution in [3.05, 3.63) is 108 Å². The van der Waals surface area contributed by atoms with Crippen molar-refractivity contribution in [3.8, 4) is 5.69 Å². The van der Waals surface area contributed by atoms with Crippen LogP contribution in [0.1, 0.15) is 29.0 Å². The van der Waals surface area contributed by atoms with Gasteiger partial charge in [0.1, 0.15) is 0 Å². The Morgan fingerprint density at radius 1 is 0.970 bits per heavy atom. The number of nitrogens with zero attached hydrogens (tertiary/aromatic N) is 5. The fourth-order valence-corrected chi connectivity index (χ4v) is 4.67. The van der Waals surface area contributed by atoms with Crippen molar-refractivity contribution in [2.75, 3.05) is 19.0 Å². The van der Waals surface area contributed by atoms with Gasteiger partial charge in [-0.1, -0.05) is 12.1 Å². The maximum atomic E-state index is 5.83. The van der Waals surface area contributed by atoms with Gasteiger partial charge in [0, 0.05) is 62.5 Å². The van der Waals surface area contributed by atoms with E-state index >= 15 is 0 Å². The highest BCUT2D eigenvalue weighted by Gasteiger charge is 2.41. The van der Waals surface area contributed by atoms with Gasteiger partial charge in [0.05, 0.1) is 17.8 Å². The predicted molar refractivity (Wildman–Crippen MR) is 135 cm³/mol. The van der Waals surface area contributed by atoms with Crippen molar-refractivity contribution in [2.45, 2.75) is 18.6 Å². The zero-order valence-electron chi connectivity index (χ0n) is 18.7. The quantitative estimate of drug-likeness (QED) is 0.433. The van der Waals surface area contributed by atoms with E-state index in [0.29, 0.717) is 6.54 Å². The minimum Gasteiger partial charge on any atom is -0.378 e. The van der Waals surface area contributed by atoms with Gasteiger partial charge in [0.15, 0.2) is 5.11 Å². The SMILES string of the molecule is CN(C)c1ccc(-n2cccc2[C@H]2[C@@H](c3ccccn3)NC(=S)N2Cc2cccnc2)cc1. The Morgan fingerprint density at radius 2 is 1.82 bits per heavy atom. The lowest BCUT2D eigenvalue weighted by Crippen LogP contribution is -2.30. The van der Waals surface area contributed by atoms with E-state index in [1.165, 1.54) is 5.69 Å². The molecule has 6 nitrogen and oxygen atoms in total. The molecule has 1 aliphatic heterocycles. The highest BCUT2D eigenvalue weighted by atomic mass is 32.1. The van der Waals surface area contributed by atoms with Crippen molar-refractivity contribution >= 4 is 23.0 Å². The number of pyridine rings is 2. The van der Waals surface area contributed by atoms with Crippen molar-refractivity contribution in [1.82, 2.24) is 24.8 Å². The highest BCUT2D eigenvalue weighted by Crippen LogP contribution is 2.40. The van der Waals surface area contributed by atoms with E-state index in [2.05, 4.69) is 98.5 Å². The molecular weight excluding hydrogens is 428 g/mol. The van der Waals surface area contributed by atoms with Crippen LogP contribution in [-0.2, 0) is 6.54 Å². The van der Waals surface area contributed by atoms with E-state index in [-0.39, 0.29) is 12.1 Å². The fraction of sp³-hybridized carbons (Fsp3) is 0.192. The summed E-state index contributed by atoms with van der Waals surface area (Å²) in [6, 6.07) is 22.8. The molecule has 0 spiro atoms. The van der Waals surface area contributed by atoms with Crippen molar-refractivity contribution < 1.29 is 0 Å². The molecule has 0 unspecified atom stereocenters. The zero-order valence-corrected chi connectivity index (χ0v) is 19.5. The first-order valence-corrected chi connectivity index (χ1v) is 11.3. The standard InChI is InChI=1S/C26H26N6S/c1-30(2)20-10-12-21(13-11-20)31-16-6-9-23(31)25-24(22-8-3-4-15-28-22)29-26(33)32(25)18-19-7-5-14-27-17-19/h3-17,24-25H,18H2,1-2H3,(H,29,33)/t24-,25+/m1/s1. The second-order valence-electron chi connectivity index (χ2n) is 8.33. The van der Waals surface area contributed by atoms with Gasteiger partial charge in [-0.2, -0.15) is 0 Å². The topological polar surface area (TPSA) is 49.2 Å². The second kappa shape index (κ2) is 9.03. The van der Waals surface area contributed by atoms with Gasteiger partial charge in [-0.3, -0.25) is 9.97 Å². The van der Waals surface area contributed by atoms with Crippen molar-refractivity contribution in [3.63, 3.8) is 0 Å². The first-order chi connectivity index (χ1) is 16.1. The third kappa shape index (κ3) is 4.19. The average Bonchev–Trinajstić information content (AvgIpc) is 3.45. The van der Waals surface area contributed by atoms with Crippen LogP contribution in [-0.4, -0.2) is 38.6 Å². The van der Waals surface area contributed by atoms with Crippen LogP contribution in [0.2, 0.25) is 0 Å². The molecule has 2 atom stereocenters. The minimum atomic E-state index is -0.0648. The van der Waals surface area contributed by atoms with Crippen LogP contribution in [0.15, 0.2) is 91.5 Å². The van der Waals surface area contributed by atoms with Gasteiger partial charge < -0.3 is 19.7 Å². The lowest BCUT2D eigenvalue weighted by Gasteiger charge is -2.29. The molecule has 4 heterocycles. The van der Waals surface area contributed by atoms with E-state index in [4.69, 9.17) is 12.2 Å². The first kappa shape index (κ1) is 21.2. The number of anilines is 1. The summed E-state index contributed by atoms with van der Waals surface area (Å²) in [7, 11) is 4.10. The van der Waals surface area contributed by atoms with Crippen LogP contribution in [0.4, 0.5) is 5.69 Å². The first-order valence-electron chi connectivity index (χ1n) is 10.9. The number of thiocarbonyl (C=S) groups is 1. The maximum absolute atomic E-state index is 5.83. The number of benzene rings is 1. The van der Waals surface area contributed by atoms with Crippen molar-refractivity contribution in [1.29, 1.82) is 0 Å². The Bertz CT molecular complexity index is 1220. The Balaban J connectivity index is 1.57. The monoisotopic (exact) mass is 454 g/mol. The minimum absolute atomic E-state index is 0.0314. The van der Waals surface area contributed by atoms with Gasteiger partial charge in [0.25, 0.3) is 0 Å². The normalized spacial score (nSPS) is 17.8. The molecule has 0 aliphatic carbocycles. The van der Waals surface area contributed by atoms with Gasteiger partial charge in [-0.25, -0.2) is 0 Å². The van der Waals surface area contributed by atoms with Crippen LogP contribution in [0.25, 0.3) is 5.69 Å². The molecule has 166 valence electrons. The number of hydrogen-bond acceptors (Lipinski definition) is 4. The molecule has 1 aromatic carbocycles. The number of rotatable bonds is 6. The summed E-state index contributed by atoms with van der Waals surface area (Å²) in [4.78, 5) is 13.3. The summed E-state index contributed by atoms with van der Waals surface area (Å²) in [6.45, 7) is 0.665. The Kier molecular flexibility index (Phi) is 5.79. The molecule has 1 saturated heterocycles. The Morgan fingerprint density at radius 3 is 2.52 bits per heavy atom. The number of aromatic nitrogens is 3. The maximum Gasteiger partial charge on any atom is 0.170 e. The zero-order chi connectivity index (χ0) is 22.8. The second-order valence-corrected chi connectivity index (χ2v) is 8.72. The molecule has 4 aromatic rings. The highest BCUT2D eigenvalue weighted by molar-refractivity contribution is 7.80. The fourth-order valence-electron chi connectivity index (χ4n) is 4.37. The predicted octanol–water partition coefficient (Wildman–Crippen LogP) is 4.51. The lowest BCUT2D eigenvalue weighted by atomic mass is 10.0. The van der Waals surface area contributed by atoms with Gasteiger partial charge in [0.2, 0.25) is 0 Å². The van der Waals surface area contributed by atoms with Gasteiger partial charge in [-0.05, 0) is 72.4 Å². The van der Waals surface area contributed by atoms with Crippen LogP contribution in [0, 0.1) is 0 Å². The third-order valence-electron chi connectivity index (χ3n) is 6.00. The summed E-state index contributed by atoms with van der Waals surface area (Å²) >= 11 is 5.83. The molecule has 0 amide bonds. The van der Waals surface area contributed by atoms with Crippen LogP contribution in [0.5, 0.6) is 0 Å². The summed E-state index contributed by atoms with van der Waals surface area (Å²) in [5, 5.41) is 4.25. The van der Waals surface area contributed by atoms with E-state index in [9.17, 15) is 0 Å². The Labute approximate surface area is 199 Å². The molecule has 5 rings (SSSR count). The van der Waals surface area contributed by atoms with E-state index in [1.807, 2.05) is 30.6 Å². The van der Waals surface area contributed by atoms with Crippen LogP contribution < -0.4 is 10.2 Å². The summed E-state index contributed by atoms with van der Waals surface area (Å²) in [5.41, 5.74) is 5.51. The summed E-state index contributed by atoms with van der Waals surface area (Å²) < 4.78 is 2.24. The third-order valence-corrected chi connectivity index (χ3v) is 6.35. The molecule has 0 radical (unpaired) electrons. The molecule has 0 bridgehead atoms. The molecule has 0 saturated carbocycles.